The zero-order valence-electron chi connectivity index (χ0n) is 19.2. The maximum atomic E-state index is 13.0. The Bertz CT molecular complexity index is 1170. The van der Waals surface area contributed by atoms with Gasteiger partial charge < -0.3 is 10.2 Å². The van der Waals surface area contributed by atoms with Gasteiger partial charge in [-0.2, -0.15) is 18.3 Å². The predicted octanol–water partition coefficient (Wildman–Crippen LogP) is 5.91. The Labute approximate surface area is 190 Å². The Morgan fingerprint density at radius 3 is 2.52 bits per heavy atom. The monoisotopic (exact) mass is 459 g/mol. The second kappa shape index (κ2) is 8.35. The molecule has 6 nitrogen and oxygen atoms in total. The number of rotatable bonds is 4. The van der Waals surface area contributed by atoms with Crippen molar-refractivity contribution >= 4 is 28.2 Å². The van der Waals surface area contributed by atoms with Crippen molar-refractivity contribution in [1.82, 2.24) is 14.8 Å². The van der Waals surface area contributed by atoms with Gasteiger partial charge in [-0.25, -0.2) is 4.98 Å². The van der Waals surface area contributed by atoms with Crippen LogP contribution in [-0.4, -0.2) is 34.8 Å². The molecule has 0 atom stereocenters. The van der Waals surface area contributed by atoms with Crippen LogP contribution in [0, 0.1) is 5.41 Å². The summed E-state index contributed by atoms with van der Waals surface area (Å²) in [5, 5.41) is 8.37. The SMILES string of the molecule is CN(C)c1cc2nn(C3CCC(C)(C)CC3)cc2cc1NC(=O)c1cccc(C(F)(F)F)n1. The molecule has 0 unspecified atom stereocenters. The maximum Gasteiger partial charge on any atom is 0.433 e. The van der Waals surface area contributed by atoms with Gasteiger partial charge in [-0.05, 0) is 55.4 Å². The molecule has 176 valence electrons. The third-order valence-corrected chi connectivity index (χ3v) is 6.32. The highest BCUT2D eigenvalue weighted by Crippen LogP contribution is 2.40. The minimum atomic E-state index is -4.62. The predicted molar refractivity (Wildman–Crippen MR) is 123 cm³/mol. The number of pyridine rings is 1. The molecule has 0 aliphatic heterocycles. The zero-order valence-corrected chi connectivity index (χ0v) is 19.2. The normalized spacial score (nSPS) is 16.7. The van der Waals surface area contributed by atoms with Crippen molar-refractivity contribution in [3.63, 3.8) is 0 Å². The molecule has 2 aromatic heterocycles. The number of hydrogen-bond acceptors (Lipinski definition) is 4. The minimum Gasteiger partial charge on any atom is -0.376 e. The topological polar surface area (TPSA) is 63.1 Å². The first-order valence-corrected chi connectivity index (χ1v) is 11.0. The van der Waals surface area contributed by atoms with E-state index in [0.29, 0.717) is 22.8 Å². The zero-order chi connectivity index (χ0) is 24.0. The highest BCUT2D eigenvalue weighted by atomic mass is 19.4. The number of carbonyl (C=O) groups excluding carboxylic acids is 1. The lowest BCUT2D eigenvalue weighted by molar-refractivity contribution is -0.141. The summed E-state index contributed by atoms with van der Waals surface area (Å²) in [6.45, 7) is 4.58. The maximum absolute atomic E-state index is 13.0. The van der Waals surface area contributed by atoms with Gasteiger partial charge in [-0.3, -0.25) is 9.48 Å². The molecular weight excluding hydrogens is 431 g/mol. The Hall–Kier alpha value is -3.10. The minimum absolute atomic E-state index is 0.296. The van der Waals surface area contributed by atoms with Gasteiger partial charge in [0, 0.05) is 25.7 Å². The van der Waals surface area contributed by atoms with Crippen LogP contribution in [0.15, 0.2) is 36.5 Å². The number of aromatic nitrogens is 3. The average molecular weight is 460 g/mol. The van der Waals surface area contributed by atoms with Crippen LogP contribution in [0.4, 0.5) is 24.5 Å². The van der Waals surface area contributed by atoms with Crippen LogP contribution in [-0.2, 0) is 6.18 Å². The highest BCUT2D eigenvalue weighted by molar-refractivity contribution is 6.06. The van der Waals surface area contributed by atoms with Crippen molar-refractivity contribution in [2.75, 3.05) is 24.3 Å². The van der Waals surface area contributed by atoms with Crippen LogP contribution in [0.2, 0.25) is 0 Å². The summed E-state index contributed by atoms with van der Waals surface area (Å²) in [5.41, 5.74) is 0.957. The van der Waals surface area contributed by atoms with Gasteiger partial charge in [-0.1, -0.05) is 19.9 Å². The third-order valence-electron chi connectivity index (χ3n) is 6.32. The fourth-order valence-electron chi connectivity index (χ4n) is 4.29. The Balaban J connectivity index is 1.63. The Morgan fingerprint density at radius 2 is 1.88 bits per heavy atom. The van der Waals surface area contributed by atoms with E-state index in [2.05, 4.69) is 24.1 Å². The fourth-order valence-corrected chi connectivity index (χ4v) is 4.29. The second-order valence-electron chi connectivity index (χ2n) is 9.69. The van der Waals surface area contributed by atoms with Crippen LogP contribution >= 0.6 is 0 Å². The molecule has 3 aromatic rings. The summed E-state index contributed by atoms with van der Waals surface area (Å²) in [5.74, 6) is -0.703. The number of halogens is 3. The standard InChI is InChI=1S/C24H28F3N5O/c1-23(2)10-8-16(9-11-23)32-14-15-12-19(20(31(3)4)13-18(15)30-32)29-22(33)17-6-5-7-21(28-17)24(25,26)27/h5-7,12-14,16H,8-11H2,1-4H3,(H,29,33). The van der Waals surface area contributed by atoms with Crippen LogP contribution in [0.25, 0.3) is 10.9 Å². The number of alkyl halides is 3. The van der Waals surface area contributed by atoms with Gasteiger partial charge in [-0.15, -0.1) is 0 Å². The Kier molecular flexibility index (Phi) is 5.84. The van der Waals surface area contributed by atoms with Crippen molar-refractivity contribution in [1.29, 1.82) is 0 Å². The van der Waals surface area contributed by atoms with Gasteiger partial charge in [0.25, 0.3) is 5.91 Å². The van der Waals surface area contributed by atoms with E-state index >= 15 is 0 Å². The molecule has 0 saturated heterocycles. The number of fused-ring (bicyclic) bond motifs is 1. The third kappa shape index (κ3) is 4.96. The number of amides is 1. The smallest absolute Gasteiger partial charge is 0.376 e. The van der Waals surface area contributed by atoms with E-state index in [9.17, 15) is 18.0 Å². The Morgan fingerprint density at radius 1 is 1.18 bits per heavy atom. The number of nitrogens with zero attached hydrogens (tertiary/aromatic N) is 4. The average Bonchev–Trinajstić information content (AvgIpc) is 3.15. The first kappa shape index (κ1) is 23.1. The quantitative estimate of drug-likeness (QED) is 0.527. The van der Waals surface area contributed by atoms with Crippen LogP contribution < -0.4 is 10.2 Å². The van der Waals surface area contributed by atoms with Crippen molar-refractivity contribution in [3.8, 4) is 0 Å². The fraction of sp³-hybridized carbons (Fsp3) is 0.458. The van der Waals surface area contributed by atoms with Gasteiger partial charge in [0.15, 0.2) is 0 Å². The summed E-state index contributed by atoms with van der Waals surface area (Å²) < 4.78 is 41.0. The molecular formula is C24H28F3N5O. The van der Waals surface area contributed by atoms with Crippen molar-refractivity contribution in [2.24, 2.45) is 5.41 Å². The molecule has 0 bridgehead atoms. The van der Waals surface area contributed by atoms with E-state index in [1.807, 2.05) is 42.0 Å². The summed E-state index contributed by atoms with van der Waals surface area (Å²) >= 11 is 0. The largest absolute Gasteiger partial charge is 0.433 e. The number of hydrogen-bond donors (Lipinski definition) is 1. The lowest BCUT2D eigenvalue weighted by atomic mass is 9.76. The number of benzene rings is 1. The van der Waals surface area contributed by atoms with Crippen molar-refractivity contribution in [2.45, 2.75) is 51.7 Å². The molecule has 1 N–H and O–H groups in total. The summed E-state index contributed by atoms with van der Waals surface area (Å²) in [6.07, 6.45) is 1.77. The van der Waals surface area contributed by atoms with E-state index in [-0.39, 0.29) is 5.69 Å². The lowest BCUT2D eigenvalue weighted by Crippen LogP contribution is -2.23. The molecule has 1 saturated carbocycles. The molecule has 1 aromatic carbocycles. The van der Waals surface area contributed by atoms with E-state index in [0.717, 1.165) is 42.7 Å². The molecule has 1 fully saturated rings. The number of nitrogens with one attached hydrogen (secondary N) is 1. The summed E-state index contributed by atoms with van der Waals surface area (Å²) in [4.78, 5) is 18.1. The number of carbonyl (C=O) groups is 1. The van der Waals surface area contributed by atoms with Crippen LogP contribution in [0.1, 0.15) is 61.8 Å². The molecule has 1 aliphatic carbocycles. The van der Waals surface area contributed by atoms with E-state index in [1.165, 1.54) is 12.1 Å². The molecule has 9 heteroatoms. The molecule has 2 heterocycles. The van der Waals surface area contributed by atoms with E-state index in [4.69, 9.17) is 5.10 Å². The van der Waals surface area contributed by atoms with Crippen molar-refractivity contribution in [3.05, 3.63) is 47.9 Å². The van der Waals surface area contributed by atoms with Gasteiger partial charge in [0.2, 0.25) is 0 Å². The first-order chi connectivity index (χ1) is 15.4. The van der Waals surface area contributed by atoms with Gasteiger partial charge in [0.1, 0.15) is 11.4 Å². The van der Waals surface area contributed by atoms with Gasteiger partial charge >= 0.3 is 6.18 Å². The van der Waals surface area contributed by atoms with Crippen LogP contribution in [0.3, 0.4) is 0 Å². The molecule has 0 spiro atoms. The molecule has 1 aliphatic rings. The highest BCUT2D eigenvalue weighted by Gasteiger charge is 2.33. The van der Waals surface area contributed by atoms with E-state index < -0.39 is 17.8 Å². The first-order valence-electron chi connectivity index (χ1n) is 11.0. The summed E-state index contributed by atoms with van der Waals surface area (Å²) in [6, 6.07) is 7.31. The van der Waals surface area contributed by atoms with Gasteiger partial charge in [0.05, 0.1) is 22.9 Å². The molecule has 33 heavy (non-hydrogen) atoms. The molecule has 4 rings (SSSR count). The molecule has 0 radical (unpaired) electrons. The number of anilines is 2. The second-order valence-corrected chi connectivity index (χ2v) is 9.69. The van der Waals surface area contributed by atoms with E-state index in [1.54, 1.807) is 0 Å². The van der Waals surface area contributed by atoms with Crippen molar-refractivity contribution < 1.29 is 18.0 Å². The lowest BCUT2D eigenvalue weighted by Gasteiger charge is -2.34. The molecule has 1 amide bonds. The van der Waals surface area contributed by atoms with Crippen LogP contribution in [0.5, 0.6) is 0 Å². The summed E-state index contributed by atoms with van der Waals surface area (Å²) in [7, 11) is 3.67.